The number of carbonyl (C=O) groups is 1. The molecule has 6 heteroatoms. The van der Waals surface area contributed by atoms with Gasteiger partial charge in [0.1, 0.15) is 5.82 Å². The zero-order valence-electron chi connectivity index (χ0n) is 10.4. The summed E-state index contributed by atoms with van der Waals surface area (Å²) in [5, 5.41) is 9.26. The smallest absolute Gasteiger partial charge is 0.337 e. The highest BCUT2D eigenvalue weighted by molar-refractivity contribution is 6.33. The Hall–Kier alpha value is -1.33. The summed E-state index contributed by atoms with van der Waals surface area (Å²) in [6, 6.07) is 1.88. The third-order valence-corrected chi connectivity index (χ3v) is 3.61. The van der Waals surface area contributed by atoms with E-state index in [9.17, 15) is 4.79 Å². The lowest BCUT2D eigenvalue weighted by Gasteiger charge is -2.38. The van der Waals surface area contributed by atoms with Crippen molar-refractivity contribution in [3.63, 3.8) is 0 Å². The van der Waals surface area contributed by atoms with Gasteiger partial charge in [-0.2, -0.15) is 0 Å². The van der Waals surface area contributed by atoms with Crippen molar-refractivity contribution in [2.24, 2.45) is 0 Å². The second-order valence-electron chi connectivity index (χ2n) is 4.61. The highest BCUT2D eigenvalue weighted by Crippen LogP contribution is 2.26. The number of carboxylic acid groups (broad SMARTS) is 1. The molecule has 1 N–H and O–H groups in total. The number of piperazine rings is 1. The lowest BCUT2D eigenvalue weighted by atomic mass is 10.2. The average molecular weight is 270 g/mol. The van der Waals surface area contributed by atoms with Gasteiger partial charge in [-0.1, -0.05) is 11.6 Å². The Labute approximate surface area is 111 Å². The topological polar surface area (TPSA) is 56.7 Å². The molecule has 0 aromatic carbocycles. The molecule has 1 unspecified atom stereocenters. The Morgan fingerprint density at radius 2 is 2.28 bits per heavy atom. The standard InChI is InChI=1S/C12H16ClN3O2/c1-8-7-16(4-3-15(8)2)11-10(13)5-9(6-14-11)12(17)18/h5-6,8H,3-4,7H2,1-2H3,(H,17,18). The van der Waals surface area contributed by atoms with Gasteiger partial charge >= 0.3 is 5.97 Å². The molecule has 1 aliphatic heterocycles. The zero-order chi connectivity index (χ0) is 13.3. The van der Waals surface area contributed by atoms with Crippen molar-refractivity contribution >= 4 is 23.4 Å². The fourth-order valence-corrected chi connectivity index (χ4v) is 2.31. The molecule has 1 atom stereocenters. The van der Waals surface area contributed by atoms with Gasteiger partial charge < -0.3 is 14.9 Å². The van der Waals surface area contributed by atoms with Gasteiger partial charge in [-0.3, -0.25) is 0 Å². The van der Waals surface area contributed by atoms with Crippen LogP contribution in [0, 0.1) is 0 Å². The van der Waals surface area contributed by atoms with Crippen molar-refractivity contribution in [2.75, 3.05) is 31.6 Å². The molecular weight excluding hydrogens is 254 g/mol. The molecule has 98 valence electrons. The van der Waals surface area contributed by atoms with E-state index in [-0.39, 0.29) is 5.56 Å². The summed E-state index contributed by atoms with van der Waals surface area (Å²) in [6.45, 7) is 4.78. The molecule has 1 fully saturated rings. The quantitative estimate of drug-likeness (QED) is 0.883. The van der Waals surface area contributed by atoms with Crippen LogP contribution in [-0.2, 0) is 0 Å². The molecule has 5 nitrogen and oxygen atoms in total. The Kier molecular flexibility index (Phi) is 3.73. The number of aromatic carboxylic acids is 1. The first kappa shape index (κ1) is 13.1. The van der Waals surface area contributed by atoms with Gasteiger partial charge in [-0.25, -0.2) is 9.78 Å². The molecule has 1 aliphatic rings. The molecule has 0 radical (unpaired) electrons. The predicted molar refractivity (Wildman–Crippen MR) is 70.5 cm³/mol. The van der Waals surface area contributed by atoms with Gasteiger partial charge in [0.2, 0.25) is 0 Å². The number of rotatable bonds is 2. The summed E-state index contributed by atoms with van der Waals surface area (Å²) in [5.41, 5.74) is 0.117. The van der Waals surface area contributed by atoms with Crippen LogP contribution in [0.2, 0.25) is 5.02 Å². The van der Waals surface area contributed by atoms with Gasteiger partial charge in [0, 0.05) is 31.9 Å². The third-order valence-electron chi connectivity index (χ3n) is 3.33. The monoisotopic (exact) mass is 269 g/mol. The Morgan fingerprint density at radius 3 is 2.83 bits per heavy atom. The van der Waals surface area contributed by atoms with Crippen LogP contribution in [0.15, 0.2) is 12.3 Å². The maximum atomic E-state index is 10.8. The molecule has 0 bridgehead atoms. The van der Waals surface area contributed by atoms with E-state index < -0.39 is 5.97 Å². The highest BCUT2D eigenvalue weighted by atomic mass is 35.5. The van der Waals surface area contributed by atoms with Crippen LogP contribution in [0.25, 0.3) is 0 Å². The van der Waals surface area contributed by atoms with Crippen LogP contribution >= 0.6 is 11.6 Å². The minimum absolute atomic E-state index is 0.117. The molecule has 2 rings (SSSR count). The molecule has 0 saturated carbocycles. The van der Waals surface area contributed by atoms with Gasteiger partial charge in [0.25, 0.3) is 0 Å². The first-order chi connectivity index (χ1) is 8.49. The molecule has 18 heavy (non-hydrogen) atoms. The maximum absolute atomic E-state index is 10.8. The number of aromatic nitrogens is 1. The van der Waals surface area contributed by atoms with Gasteiger partial charge in [-0.15, -0.1) is 0 Å². The maximum Gasteiger partial charge on any atom is 0.337 e. The second kappa shape index (κ2) is 5.12. The van der Waals surface area contributed by atoms with E-state index >= 15 is 0 Å². The molecule has 2 heterocycles. The SMILES string of the molecule is CC1CN(c2ncc(C(=O)O)cc2Cl)CCN1C. The normalized spacial score (nSPS) is 21.1. The summed E-state index contributed by atoms with van der Waals surface area (Å²) in [5.74, 6) is -0.343. The molecule has 0 aliphatic carbocycles. The van der Waals surface area contributed by atoms with Crippen LogP contribution in [-0.4, -0.2) is 53.7 Å². The van der Waals surface area contributed by atoms with Crippen LogP contribution in [0.3, 0.4) is 0 Å². The van der Waals surface area contributed by atoms with Crippen LogP contribution in [0.5, 0.6) is 0 Å². The van der Waals surface area contributed by atoms with Crippen LogP contribution < -0.4 is 4.90 Å². The van der Waals surface area contributed by atoms with Gasteiger partial charge in [0.15, 0.2) is 0 Å². The molecule has 1 saturated heterocycles. The summed E-state index contributed by atoms with van der Waals surface area (Å²) in [4.78, 5) is 19.4. The van der Waals surface area contributed by atoms with Gasteiger partial charge in [0.05, 0.1) is 10.6 Å². The minimum Gasteiger partial charge on any atom is -0.478 e. The third kappa shape index (κ3) is 2.57. The fraction of sp³-hybridized carbons (Fsp3) is 0.500. The van der Waals surface area contributed by atoms with Crippen molar-refractivity contribution < 1.29 is 9.90 Å². The predicted octanol–water partition coefficient (Wildman–Crippen LogP) is 1.57. The van der Waals surface area contributed by atoms with E-state index in [0.29, 0.717) is 16.9 Å². The first-order valence-electron chi connectivity index (χ1n) is 5.83. The van der Waals surface area contributed by atoms with Crippen molar-refractivity contribution in [2.45, 2.75) is 13.0 Å². The van der Waals surface area contributed by atoms with E-state index in [0.717, 1.165) is 19.6 Å². The fourth-order valence-electron chi connectivity index (χ4n) is 2.02. The zero-order valence-corrected chi connectivity index (χ0v) is 11.2. The van der Waals surface area contributed by atoms with Crippen molar-refractivity contribution in [3.05, 3.63) is 22.8 Å². The largest absolute Gasteiger partial charge is 0.478 e. The number of likely N-dealkylation sites (N-methyl/N-ethyl adjacent to an activating group) is 1. The molecule has 0 spiro atoms. The number of nitrogens with zero attached hydrogens (tertiary/aromatic N) is 3. The number of anilines is 1. The molecular formula is C12H16ClN3O2. The first-order valence-corrected chi connectivity index (χ1v) is 6.21. The second-order valence-corrected chi connectivity index (χ2v) is 5.02. The Bertz CT molecular complexity index is 467. The van der Waals surface area contributed by atoms with Crippen LogP contribution in [0.4, 0.5) is 5.82 Å². The lowest BCUT2D eigenvalue weighted by Crippen LogP contribution is -2.50. The average Bonchev–Trinajstić information content (AvgIpc) is 2.32. The number of hydrogen-bond donors (Lipinski definition) is 1. The summed E-state index contributed by atoms with van der Waals surface area (Å²) >= 11 is 6.11. The summed E-state index contributed by atoms with van der Waals surface area (Å²) < 4.78 is 0. The summed E-state index contributed by atoms with van der Waals surface area (Å²) in [7, 11) is 2.09. The molecule has 1 aromatic rings. The highest BCUT2D eigenvalue weighted by Gasteiger charge is 2.23. The van der Waals surface area contributed by atoms with Gasteiger partial charge in [-0.05, 0) is 20.0 Å². The van der Waals surface area contributed by atoms with E-state index in [1.54, 1.807) is 0 Å². The lowest BCUT2D eigenvalue weighted by molar-refractivity contribution is 0.0696. The summed E-state index contributed by atoms with van der Waals surface area (Å²) in [6.07, 6.45) is 1.35. The number of hydrogen-bond acceptors (Lipinski definition) is 4. The Balaban J connectivity index is 2.21. The Morgan fingerprint density at radius 1 is 1.56 bits per heavy atom. The minimum atomic E-state index is -1.01. The van der Waals surface area contributed by atoms with Crippen molar-refractivity contribution in [1.29, 1.82) is 0 Å². The van der Waals surface area contributed by atoms with E-state index in [1.807, 2.05) is 0 Å². The van der Waals surface area contributed by atoms with Crippen molar-refractivity contribution in [3.8, 4) is 0 Å². The number of halogens is 1. The molecule has 0 amide bonds. The van der Waals surface area contributed by atoms with Crippen LogP contribution in [0.1, 0.15) is 17.3 Å². The van der Waals surface area contributed by atoms with E-state index in [4.69, 9.17) is 16.7 Å². The van der Waals surface area contributed by atoms with Crippen molar-refractivity contribution in [1.82, 2.24) is 9.88 Å². The number of pyridine rings is 1. The van der Waals surface area contributed by atoms with E-state index in [1.165, 1.54) is 12.3 Å². The number of carboxylic acids is 1. The molecule has 1 aromatic heterocycles. The van der Waals surface area contributed by atoms with E-state index in [2.05, 4.69) is 28.8 Å².